The Morgan fingerprint density at radius 1 is 0.872 bits per heavy atom. The second-order valence-corrected chi connectivity index (χ2v) is 10.0. The van der Waals surface area contributed by atoms with Gasteiger partial charge in [-0.1, -0.05) is 97.4 Å². The van der Waals surface area contributed by atoms with Crippen LogP contribution in [0.5, 0.6) is 0 Å². The first-order valence-electron chi connectivity index (χ1n) is 13.2. The van der Waals surface area contributed by atoms with Gasteiger partial charge in [-0.3, -0.25) is 14.2 Å². The zero-order chi connectivity index (χ0) is 27.4. The van der Waals surface area contributed by atoms with E-state index in [2.05, 4.69) is 0 Å². The summed E-state index contributed by atoms with van der Waals surface area (Å²) in [5.41, 5.74) is 2.84. The van der Waals surface area contributed by atoms with Crippen LogP contribution in [0, 0.1) is 0 Å². The lowest BCUT2D eigenvalue weighted by atomic mass is 9.89. The van der Waals surface area contributed by atoms with Crippen LogP contribution in [0.1, 0.15) is 49.2 Å². The van der Waals surface area contributed by atoms with Gasteiger partial charge in [0.15, 0.2) is 0 Å². The molecule has 39 heavy (non-hydrogen) atoms. The predicted molar refractivity (Wildman–Crippen MR) is 157 cm³/mol. The second-order valence-electron chi connectivity index (χ2n) is 9.57. The summed E-state index contributed by atoms with van der Waals surface area (Å²) >= 11 is 6.34. The van der Waals surface area contributed by atoms with Gasteiger partial charge in [0.05, 0.1) is 28.6 Å². The van der Waals surface area contributed by atoms with E-state index in [0.29, 0.717) is 34.0 Å². The molecule has 0 spiro atoms. The largest absolute Gasteiger partial charge is 0.332 e. The Morgan fingerprint density at radius 3 is 2.10 bits per heavy atom. The van der Waals surface area contributed by atoms with Gasteiger partial charge in [-0.05, 0) is 54.8 Å². The van der Waals surface area contributed by atoms with Crippen molar-refractivity contribution in [1.29, 1.82) is 0 Å². The summed E-state index contributed by atoms with van der Waals surface area (Å²) in [6, 6.07) is 33.6. The fourth-order valence-corrected chi connectivity index (χ4v) is 5.29. The van der Waals surface area contributed by atoms with Gasteiger partial charge in [-0.15, -0.1) is 0 Å². The molecule has 0 fully saturated rings. The Hall–Kier alpha value is -4.22. The lowest BCUT2D eigenvalue weighted by Crippen LogP contribution is -2.40. The van der Waals surface area contributed by atoms with Crippen molar-refractivity contribution in [3.63, 3.8) is 0 Å². The second kappa shape index (κ2) is 11.7. The summed E-state index contributed by atoms with van der Waals surface area (Å²) in [7, 11) is 0. The van der Waals surface area contributed by atoms with Crippen LogP contribution in [-0.4, -0.2) is 26.9 Å². The third kappa shape index (κ3) is 5.36. The number of benzene rings is 4. The van der Waals surface area contributed by atoms with E-state index in [4.69, 9.17) is 16.6 Å². The molecule has 0 radical (unpaired) electrons. The van der Waals surface area contributed by atoms with Gasteiger partial charge in [0, 0.05) is 11.6 Å². The van der Waals surface area contributed by atoms with E-state index in [1.165, 1.54) is 0 Å². The first-order chi connectivity index (χ1) is 19.0. The van der Waals surface area contributed by atoms with Crippen molar-refractivity contribution in [2.24, 2.45) is 0 Å². The summed E-state index contributed by atoms with van der Waals surface area (Å²) in [6.07, 6.45) is 0.751. The van der Waals surface area contributed by atoms with Crippen molar-refractivity contribution >= 4 is 28.4 Å². The van der Waals surface area contributed by atoms with Crippen molar-refractivity contribution < 1.29 is 4.79 Å². The number of nitrogens with zero attached hydrogens (tertiary/aromatic N) is 3. The number of para-hydroxylation sites is 1. The molecule has 0 saturated heterocycles. The standard InChI is InChI=1S/C33H30ClN3O2/c1-3-21-36(33(39)30(24-13-6-4-7-14-24)25-15-8-5-9-16-25)23(2)31-35-29-20-11-10-19-28(29)32(38)37(31)27-18-12-17-26(34)22-27/h4-20,22-23,30H,3,21H2,1-2H3. The maximum absolute atomic E-state index is 14.5. The molecule has 5 nitrogen and oxygen atoms in total. The highest BCUT2D eigenvalue weighted by Crippen LogP contribution is 2.31. The van der Waals surface area contributed by atoms with Crippen LogP contribution in [0.25, 0.3) is 16.6 Å². The summed E-state index contributed by atoms with van der Waals surface area (Å²) in [6.45, 7) is 4.50. The molecule has 1 aromatic heterocycles. The van der Waals surface area contributed by atoms with Gasteiger partial charge >= 0.3 is 0 Å². The molecule has 0 aliphatic carbocycles. The lowest BCUT2D eigenvalue weighted by molar-refractivity contribution is -0.134. The summed E-state index contributed by atoms with van der Waals surface area (Å²) in [5, 5.41) is 1.02. The molecule has 4 aromatic carbocycles. The number of aromatic nitrogens is 2. The zero-order valence-corrected chi connectivity index (χ0v) is 22.8. The fourth-order valence-electron chi connectivity index (χ4n) is 5.10. The van der Waals surface area contributed by atoms with Crippen molar-refractivity contribution in [3.8, 4) is 5.69 Å². The van der Waals surface area contributed by atoms with E-state index in [1.54, 1.807) is 22.8 Å². The minimum Gasteiger partial charge on any atom is -0.332 e. The molecule has 0 saturated carbocycles. The first kappa shape index (κ1) is 26.4. The highest BCUT2D eigenvalue weighted by molar-refractivity contribution is 6.30. The first-order valence-corrected chi connectivity index (χ1v) is 13.6. The smallest absolute Gasteiger partial charge is 0.266 e. The summed E-state index contributed by atoms with van der Waals surface area (Å²) < 4.78 is 1.59. The van der Waals surface area contributed by atoms with Gasteiger partial charge in [0.25, 0.3) is 5.56 Å². The van der Waals surface area contributed by atoms with Gasteiger partial charge in [0.1, 0.15) is 5.82 Å². The molecule has 1 unspecified atom stereocenters. The average molecular weight is 536 g/mol. The average Bonchev–Trinajstić information content (AvgIpc) is 2.96. The van der Waals surface area contributed by atoms with Crippen LogP contribution in [-0.2, 0) is 4.79 Å². The van der Waals surface area contributed by atoms with Crippen LogP contribution in [0.15, 0.2) is 114 Å². The highest BCUT2D eigenvalue weighted by Gasteiger charge is 2.32. The minimum atomic E-state index is -0.497. The summed E-state index contributed by atoms with van der Waals surface area (Å²) in [4.78, 5) is 35.2. The van der Waals surface area contributed by atoms with E-state index in [9.17, 15) is 9.59 Å². The van der Waals surface area contributed by atoms with E-state index in [0.717, 1.165) is 17.5 Å². The van der Waals surface area contributed by atoms with Crippen molar-refractivity contribution in [2.45, 2.75) is 32.2 Å². The molecule has 1 amide bonds. The zero-order valence-electron chi connectivity index (χ0n) is 22.0. The van der Waals surface area contributed by atoms with Crippen molar-refractivity contribution in [1.82, 2.24) is 14.5 Å². The molecule has 5 aromatic rings. The number of hydrogen-bond acceptors (Lipinski definition) is 3. The van der Waals surface area contributed by atoms with Gasteiger partial charge in [0.2, 0.25) is 5.91 Å². The lowest BCUT2D eigenvalue weighted by Gasteiger charge is -2.33. The van der Waals surface area contributed by atoms with Gasteiger partial charge in [-0.25, -0.2) is 4.98 Å². The Morgan fingerprint density at radius 2 is 1.49 bits per heavy atom. The number of halogens is 1. The number of fused-ring (bicyclic) bond motifs is 1. The SMILES string of the molecule is CCCN(C(=O)C(c1ccccc1)c1ccccc1)C(C)c1nc2ccccc2c(=O)n1-c1cccc(Cl)c1. The number of carbonyl (C=O) groups excluding carboxylic acids is 1. The molecular formula is C33H30ClN3O2. The van der Waals surface area contributed by atoms with E-state index < -0.39 is 12.0 Å². The molecule has 196 valence electrons. The minimum absolute atomic E-state index is 0.0400. The molecule has 0 aliphatic heterocycles. The maximum atomic E-state index is 14.5. The quantitative estimate of drug-likeness (QED) is 0.211. The molecule has 0 aliphatic rings. The van der Waals surface area contributed by atoms with Crippen molar-refractivity contribution in [2.75, 3.05) is 6.54 Å². The van der Waals surface area contributed by atoms with Crippen LogP contribution >= 0.6 is 11.6 Å². The van der Waals surface area contributed by atoms with Crippen LogP contribution in [0.3, 0.4) is 0 Å². The third-order valence-corrected chi connectivity index (χ3v) is 7.20. The maximum Gasteiger partial charge on any atom is 0.266 e. The van der Waals surface area contributed by atoms with Crippen LogP contribution < -0.4 is 5.56 Å². The predicted octanol–water partition coefficient (Wildman–Crippen LogP) is 7.17. The highest BCUT2D eigenvalue weighted by atomic mass is 35.5. The molecule has 0 bridgehead atoms. The third-order valence-electron chi connectivity index (χ3n) is 6.97. The Bertz CT molecular complexity index is 1610. The topological polar surface area (TPSA) is 55.2 Å². The molecule has 1 heterocycles. The van der Waals surface area contributed by atoms with Crippen molar-refractivity contribution in [3.05, 3.63) is 142 Å². The Balaban J connectivity index is 1.68. The number of hydrogen-bond donors (Lipinski definition) is 0. The van der Waals surface area contributed by atoms with Gasteiger partial charge in [-0.2, -0.15) is 0 Å². The molecule has 1 atom stereocenters. The molecule has 0 N–H and O–H groups in total. The van der Waals surface area contributed by atoms with E-state index in [-0.39, 0.29) is 11.5 Å². The van der Waals surface area contributed by atoms with Crippen LogP contribution in [0.4, 0.5) is 0 Å². The van der Waals surface area contributed by atoms with E-state index in [1.807, 2.05) is 110 Å². The number of rotatable bonds is 8. The Labute approximate surface area is 233 Å². The normalized spacial score (nSPS) is 12.0. The fraction of sp³-hybridized carbons (Fsp3) is 0.182. The molecule has 6 heteroatoms. The molecule has 5 rings (SSSR count). The number of carbonyl (C=O) groups is 1. The Kier molecular flexibility index (Phi) is 7.89. The summed E-state index contributed by atoms with van der Waals surface area (Å²) in [5.74, 6) is -0.0439. The monoisotopic (exact) mass is 535 g/mol. The van der Waals surface area contributed by atoms with Crippen LogP contribution in [0.2, 0.25) is 5.02 Å². The number of amides is 1. The van der Waals surface area contributed by atoms with E-state index >= 15 is 0 Å². The molecular weight excluding hydrogens is 506 g/mol. The van der Waals surface area contributed by atoms with Gasteiger partial charge < -0.3 is 4.90 Å².